The summed E-state index contributed by atoms with van der Waals surface area (Å²) in [6, 6.07) is 12.9. The number of rotatable bonds is 9. The second-order valence-corrected chi connectivity index (χ2v) is 11.3. The number of hydrogen-bond donors (Lipinski definition) is 1. The van der Waals surface area contributed by atoms with E-state index >= 15 is 4.39 Å². The van der Waals surface area contributed by atoms with Crippen LogP contribution in [0.25, 0.3) is 11.4 Å². The highest BCUT2D eigenvalue weighted by atomic mass is 35.5. The molecule has 3 heterocycles. The van der Waals surface area contributed by atoms with Crippen molar-refractivity contribution in [2.45, 2.75) is 45.9 Å². The first-order chi connectivity index (χ1) is 21.2. The van der Waals surface area contributed by atoms with Gasteiger partial charge in [-0.2, -0.15) is 0 Å². The number of piperazine rings is 1. The highest BCUT2D eigenvalue weighted by Crippen LogP contribution is 2.30. The monoisotopic (exact) mass is 617 g/mol. The SMILES string of the molecule is CC(C)C(=O)N1[C@H](C)CN(Cc2c(F)cccc2Oc2cnc(Cl)nc2)C[C@@H]1C(=O)NCc1ccc(-c2ncccn2)cc1. The molecule has 44 heavy (non-hydrogen) atoms. The number of nitrogens with one attached hydrogen (secondary N) is 1. The second-order valence-electron chi connectivity index (χ2n) is 11.0. The zero-order valence-electron chi connectivity index (χ0n) is 24.7. The summed E-state index contributed by atoms with van der Waals surface area (Å²) in [6.45, 7) is 6.64. The van der Waals surface area contributed by atoms with E-state index < -0.39 is 11.9 Å². The largest absolute Gasteiger partial charge is 0.454 e. The lowest BCUT2D eigenvalue weighted by atomic mass is 10.0. The van der Waals surface area contributed by atoms with Crippen molar-refractivity contribution in [1.82, 2.24) is 35.1 Å². The molecule has 2 amide bonds. The summed E-state index contributed by atoms with van der Waals surface area (Å²) in [5.41, 5.74) is 2.07. The molecule has 1 N–H and O–H groups in total. The smallest absolute Gasteiger partial charge is 0.244 e. The molecule has 12 heteroatoms. The summed E-state index contributed by atoms with van der Waals surface area (Å²) in [5, 5.41) is 3.07. The Balaban J connectivity index is 1.32. The standard InChI is InChI=1S/C32H33ClFN7O3/c1-20(2)31(43)41-21(3)17-40(18-25-26(34)6-4-7-28(25)44-24-15-38-32(33)39-16-24)19-27(41)30(42)37-14-22-8-10-23(11-9-22)29-35-12-5-13-36-29/h4-13,15-16,20-21,27H,14,17-19H2,1-3H3,(H,37,42)/t21-,27-/m1/s1. The van der Waals surface area contributed by atoms with E-state index in [1.807, 2.05) is 49.9 Å². The molecule has 0 aliphatic carbocycles. The third kappa shape index (κ3) is 7.35. The normalized spacial score (nSPS) is 17.0. The number of carbonyl (C=O) groups is 2. The highest BCUT2D eigenvalue weighted by Gasteiger charge is 2.40. The van der Waals surface area contributed by atoms with Crippen LogP contribution in [0.2, 0.25) is 5.28 Å². The van der Waals surface area contributed by atoms with Crippen LogP contribution in [0.1, 0.15) is 31.9 Å². The maximum Gasteiger partial charge on any atom is 0.244 e. The van der Waals surface area contributed by atoms with E-state index in [0.29, 0.717) is 29.4 Å². The molecule has 0 saturated carbocycles. The molecule has 0 radical (unpaired) electrons. The van der Waals surface area contributed by atoms with E-state index in [9.17, 15) is 9.59 Å². The van der Waals surface area contributed by atoms with Gasteiger partial charge in [-0.1, -0.05) is 44.2 Å². The predicted molar refractivity (Wildman–Crippen MR) is 163 cm³/mol. The topological polar surface area (TPSA) is 113 Å². The third-order valence-corrected chi connectivity index (χ3v) is 7.54. The Hall–Kier alpha value is -4.48. The van der Waals surface area contributed by atoms with E-state index in [1.54, 1.807) is 35.5 Å². The molecule has 1 saturated heterocycles. The van der Waals surface area contributed by atoms with Gasteiger partial charge < -0.3 is 15.0 Å². The Morgan fingerprint density at radius 2 is 1.73 bits per heavy atom. The van der Waals surface area contributed by atoms with Crippen molar-refractivity contribution in [3.8, 4) is 22.9 Å². The minimum atomic E-state index is -0.772. The Morgan fingerprint density at radius 3 is 2.41 bits per heavy atom. The molecule has 1 fully saturated rings. The Bertz CT molecular complexity index is 1590. The minimum Gasteiger partial charge on any atom is -0.454 e. The van der Waals surface area contributed by atoms with Gasteiger partial charge in [0, 0.05) is 61.7 Å². The maximum atomic E-state index is 15.2. The van der Waals surface area contributed by atoms with Gasteiger partial charge in [0.2, 0.25) is 17.1 Å². The molecule has 2 aromatic carbocycles. The number of amides is 2. The summed E-state index contributed by atoms with van der Waals surface area (Å²) in [5.74, 6) is 0.0954. The summed E-state index contributed by atoms with van der Waals surface area (Å²) >= 11 is 5.78. The van der Waals surface area contributed by atoms with Crippen molar-refractivity contribution in [2.75, 3.05) is 13.1 Å². The fourth-order valence-corrected chi connectivity index (χ4v) is 5.30. The Labute approximate surface area is 260 Å². The summed E-state index contributed by atoms with van der Waals surface area (Å²) in [7, 11) is 0. The molecule has 0 spiro atoms. The number of hydrogen-bond acceptors (Lipinski definition) is 8. The molecule has 1 aliphatic rings. The van der Waals surface area contributed by atoms with Gasteiger partial charge in [-0.15, -0.1) is 0 Å². The molecule has 2 atom stereocenters. The van der Waals surface area contributed by atoms with Gasteiger partial charge in [-0.25, -0.2) is 24.3 Å². The number of nitrogens with zero attached hydrogens (tertiary/aromatic N) is 6. The average molecular weight is 618 g/mol. The second kappa shape index (κ2) is 13.9. The first kappa shape index (κ1) is 31.0. The van der Waals surface area contributed by atoms with Crippen LogP contribution >= 0.6 is 11.6 Å². The molecule has 0 unspecified atom stereocenters. The van der Waals surface area contributed by atoms with Gasteiger partial charge >= 0.3 is 0 Å². The lowest BCUT2D eigenvalue weighted by Crippen LogP contribution is -2.64. The molecular weight excluding hydrogens is 585 g/mol. The average Bonchev–Trinajstić information content (AvgIpc) is 3.02. The van der Waals surface area contributed by atoms with Crippen LogP contribution in [-0.4, -0.2) is 66.7 Å². The van der Waals surface area contributed by atoms with E-state index in [1.165, 1.54) is 18.5 Å². The zero-order chi connectivity index (χ0) is 31.2. The lowest BCUT2D eigenvalue weighted by Gasteiger charge is -2.45. The van der Waals surface area contributed by atoms with E-state index in [-0.39, 0.29) is 48.7 Å². The fourth-order valence-electron chi connectivity index (χ4n) is 5.20. The van der Waals surface area contributed by atoms with Crippen molar-refractivity contribution in [3.05, 3.63) is 95.5 Å². The Kier molecular flexibility index (Phi) is 9.76. The summed E-state index contributed by atoms with van der Waals surface area (Å²) in [6.07, 6.45) is 6.19. The number of benzene rings is 2. The molecular formula is C32H33ClFN7O3. The fraction of sp³-hybridized carbons (Fsp3) is 0.312. The van der Waals surface area contributed by atoms with Crippen molar-refractivity contribution >= 4 is 23.4 Å². The number of aromatic nitrogens is 4. The van der Waals surface area contributed by atoms with Gasteiger partial charge in [-0.3, -0.25) is 14.5 Å². The van der Waals surface area contributed by atoms with E-state index in [0.717, 1.165) is 11.1 Å². The molecule has 228 valence electrons. The van der Waals surface area contributed by atoms with Crippen LogP contribution in [-0.2, 0) is 22.7 Å². The molecule has 4 aromatic rings. The quantitative estimate of drug-likeness (QED) is 0.264. The van der Waals surface area contributed by atoms with Gasteiger partial charge in [0.25, 0.3) is 0 Å². The lowest BCUT2D eigenvalue weighted by molar-refractivity contribution is -0.150. The van der Waals surface area contributed by atoms with E-state index in [2.05, 4.69) is 25.3 Å². The molecule has 10 nitrogen and oxygen atoms in total. The summed E-state index contributed by atoms with van der Waals surface area (Å²) in [4.78, 5) is 47.0. The predicted octanol–water partition coefficient (Wildman–Crippen LogP) is 4.89. The number of carbonyl (C=O) groups excluding carboxylic acids is 2. The van der Waals surface area contributed by atoms with Gasteiger partial charge in [0.15, 0.2) is 11.6 Å². The van der Waals surface area contributed by atoms with Crippen LogP contribution < -0.4 is 10.1 Å². The van der Waals surface area contributed by atoms with Crippen molar-refractivity contribution in [3.63, 3.8) is 0 Å². The first-order valence-corrected chi connectivity index (χ1v) is 14.7. The third-order valence-electron chi connectivity index (χ3n) is 7.34. The molecule has 0 bridgehead atoms. The zero-order valence-corrected chi connectivity index (χ0v) is 25.4. The number of ether oxygens (including phenoxy) is 1. The van der Waals surface area contributed by atoms with Crippen LogP contribution in [0.15, 0.2) is 73.3 Å². The Morgan fingerprint density at radius 1 is 1.02 bits per heavy atom. The maximum absolute atomic E-state index is 15.2. The molecule has 2 aromatic heterocycles. The van der Waals surface area contributed by atoms with Crippen molar-refractivity contribution in [1.29, 1.82) is 0 Å². The van der Waals surface area contributed by atoms with Crippen LogP contribution in [0.5, 0.6) is 11.5 Å². The van der Waals surface area contributed by atoms with Crippen molar-refractivity contribution < 1.29 is 18.7 Å². The van der Waals surface area contributed by atoms with Gasteiger partial charge in [0.05, 0.1) is 12.4 Å². The van der Waals surface area contributed by atoms with Gasteiger partial charge in [0.1, 0.15) is 17.6 Å². The first-order valence-electron chi connectivity index (χ1n) is 14.3. The summed E-state index contributed by atoms with van der Waals surface area (Å²) < 4.78 is 21.1. The van der Waals surface area contributed by atoms with Crippen LogP contribution in [0, 0.1) is 11.7 Å². The highest BCUT2D eigenvalue weighted by molar-refractivity contribution is 6.28. The minimum absolute atomic E-state index is 0.0720. The van der Waals surface area contributed by atoms with Crippen molar-refractivity contribution in [2.24, 2.45) is 5.92 Å². The molecule has 5 rings (SSSR count). The van der Waals surface area contributed by atoms with Crippen LogP contribution in [0.4, 0.5) is 4.39 Å². The van der Waals surface area contributed by atoms with Crippen LogP contribution in [0.3, 0.4) is 0 Å². The van der Waals surface area contributed by atoms with E-state index in [4.69, 9.17) is 16.3 Å². The van der Waals surface area contributed by atoms with Gasteiger partial charge in [-0.05, 0) is 42.3 Å². The molecule has 1 aliphatic heterocycles. The number of halogens is 2.